The molecule has 1 fully saturated rings. The van der Waals surface area contributed by atoms with Gasteiger partial charge in [0.1, 0.15) is 0 Å². The van der Waals surface area contributed by atoms with Gasteiger partial charge in [0.05, 0.1) is 19.6 Å². The van der Waals surface area contributed by atoms with Gasteiger partial charge in [0.25, 0.3) is 0 Å². The predicted octanol–water partition coefficient (Wildman–Crippen LogP) is 0.915. The number of carbonyl (C=O) groups is 1. The second-order valence-electron chi connectivity index (χ2n) is 3.71. The summed E-state index contributed by atoms with van der Waals surface area (Å²) in [6, 6.07) is 0.0677. The van der Waals surface area contributed by atoms with Crippen molar-refractivity contribution in [1.82, 2.24) is 4.90 Å². The van der Waals surface area contributed by atoms with E-state index in [2.05, 4.69) is 11.2 Å². The number of nitrogens with zero attached hydrogens (tertiary/aromatic N) is 1. The molecule has 0 amide bonds. The van der Waals surface area contributed by atoms with Crippen LogP contribution in [0.2, 0.25) is 0 Å². The molecule has 0 aromatic heterocycles. The van der Waals surface area contributed by atoms with Crippen LogP contribution in [-0.2, 0) is 9.53 Å². The van der Waals surface area contributed by atoms with Crippen LogP contribution in [0.15, 0.2) is 0 Å². The summed E-state index contributed by atoms with van der Waals surface area (Å²) in [5, 5.41) is 8.77. The molecule has 1 heterocycles. The maximum atomic E-state index is 10.7. The maximum Gasteiger partial charge on any atom is 0.305 e. The Balaban J connectivity index is 2.32. The molecule has 1 aliphatic heterocycles. The Bertz CT molecular complexity index is 201. The summed E-state index contributed by atoms with van der Waals surface area (Å²) in [5.41, 5.74) is 0. The summed E-state index contributed by atoms with van der Waals surface area (Å²) in [7, 11) is 0. The third-order valence-corrected chi connectivity index (χ3v) is 3.25. The maximum absolute atomic E-state index is 10.7. The SMILES string of the molecule is CSCCCN1CCOCC1CC(=O)O. The number of hydrogen-bond donors (Lipinski definition) is 1. The molecule has 0 aromatic carbocycles. The molecule has 1 rings (SSSR count). The van der Waals surface area contributed by atoms with E-state index in [0.717, 1.165) is 31.9 Å². The first-order valence-corrected chi connectivity index (χ1v) is 6.66. The third-order valence-electron chi connectivity index (χ3n) is 2.55. The van der Waals surface area contributed by atoms with Crippen LogP contribution in [0.1, 0.15) is 12.8 Å². The first-order valence-electron chi connectivity index (χ1n) is 5.26. The molecule has 0 bridgehead atoms. The van der Waals surface area contributed by atoms with Crippen molar-refractivity contribution in [3.8, 4) is 0 Å². The zero-order valence-corrected chi connectivity index (χ0v) is 9.96. The van der Waals surface area contributed by atoms with Crippen LogP contribution in [-0.4, -0.2) is 60.3 Å². The van der Waals surface area contributed by atoms with Crippen molar-refractivity contribution in [1.29, 1.82) is 0 Å². The Morgan fingerprint density at radius 1 is 1.67 bits per heavy atom. The van der Waals surface area contributed by atoms with Gasteiger partial charge in [-0.3, -0.25) is 9.69 Å². The number of carboxylic acids is 1. The minimum atomic E-state index is -0.736. The Hall–Kier alpha value is -0.260. The van der Waals surface area contributed by atoms with E-state index in [4.69, 9.17) is 9.84 Å². The first-order chi connectivity index (χ1) is 7.24. The topological polar surface area (TPSA) is 49.8 Å². The number of aliphatic carboxylic acids is 1. The van der Waals surface area contributed by atoms with Gasteiger partial charge in [0, 0.05) is 12.6 Å². The molecule has 0 aromatic rings. The van der Waals surface area contributed by atoms with Crippen LogP contribution < -0.4 is 0 Å². The number of carboxylic acid groups (broad SMARTS) is 1. The van der Waals surface area contributed by atoms with E-state index in [9.17, 15) is 4.79 Å². The average molecular weight is 233 g/mol. The largest absolute Gasteiger partial charge is 0.481 e. The second-order valence-corrected chi connectivity index (χ2v) is 4.69. The fourth-order valence-electron chi connectivity index (χ4n) is 1.79. The van der Waals surface area contributed by atoms with Crippen LogP contribution in [0, 0.1) is 0 Å². The van der Waals surface area contributed by atoms with Gasteiger partial charge in [-0.25, -0.2) is 0 Å². The summed E-state index contributed by atoms with van der Waals surface area (Å²) < 4.78 is 5.31. The Morgan fingerprint density at radius 3 is 3.13 bits per heavy atom. The van der Waals surface area contributed by atoms with Crippen molar-refractivity contribution in [3.05, 3.63) is 0 Å². The molecule has 15 heavy (non-hydrogen) atoms. The number of ether oxygens (including phenoxy) is 1. The third kappa shape index (κ3) is 4.86. The Kier molecular flexibility index (Phi) is 6.05. The molecule has 1 atom stereocenters. The fraction of sp³-hybridized carbons (Fsp3) is 0.900. The highest BCUT2D eigenvalue weighted by Gasteiger charge is 2.24. The molecule has 1 saturated heterocycles. The average Bonchev–Trinajstić information content (AvgIpc) is 2.20. The molecule has 1 aliphatic rings. The van der Waals surface area contributed by atoms with Crippen molar-refractivity contribution in [2.75, 3.05) is 38.3 Å². The van der Waals surface area contributed by atoms with Gasteiger partial charge in [-0.2, -0.15) is 11.8 Å². The predicted molar refractivity (Wildman–Crippen MR) is 61.4 cm³/mol. The molecule has 0 spiro atoms. The van der Waals surface area contributed by atoms with E-state index < -0.39 is 5.97 Å². The quantitative estimate of drug-likeness (QED) is 0.691. The highest BCUT2D eigenvalue weighted by molar-refractivity contribution is 7.98. The lowest BCUT2D eigenvalue weighted by molar-refractivity contribution is -0.140. The van der Waals surface area contributed by atoms with Crippen molar-refractivity contribution in [3.63, 3.8) is 0 Å². The molecule has 0 saturated carbocycles. The molecule has 1 unspecified atom stereocenters. The van der Waals surface area contributed by atoms with Gasteiger partial charge in [0.2, 0.25) is 0 Å². The molecule has 0 aliphatic carbocycles. The smallest absolute Gasteiger partial charge is 0.305 e. The lowest BCUT2D eigenvalue weighted by Gasteiger charge is -2.34. The van der Waals surface area contributed by atoms with E-state index in [0.29, 0.717) is 6.61 Å². The first kappa shape index (κ1) is 12.8. The van der Waals surface area contributed by atoms with E-state index in [-0.39, 0.29) is 12.5 Å². The lowest BCUT2D eigenvalue weighted by Crippen LogP contribution is -2.46. The molecular formula is C10H19NO3S. The summed E-state index contributed by atoms with van der Waals surface area (Å²) in [4.78, 5) is 12.9. The van der Waals surface area contributed by atoms with Crippen LogP contribution in [0.25, 0.3) is 0 Å². The zero-order valence-electron chi connectivity index (χ0n) is 9.15. The minimum Gasteiger partial charge on any atom is -0.481 e. The van der Waals surface area contributed by atoms with Crippen LogP contribution in [0.3, 0.4) is 0 Å². The van der Waals surface area contributed by atoms with E-state index in [1.54, 1.807) is 0 Å². The standard InChI is InChI=1S/C10H19NO3S/c1-15-6-2-3-11-4-5-14-8-9(11)7-10(12)13/h9H,2-8H2,1H3,(H,12,13). The molecular weight excluding hydrogens is 214 g/mol. The Labute approximate surface area is 95.0 Å². The van der Waals surface area contributed by atoms with E-state index in [1.165, 1.54) is 0 Å². The highest BCUT2D eigenvalue weighted by atomic mass is 32.2. The molecule has 5 heteroatoms. The molecule has 1 N–H and O–H groups in total. The summed E-state index contributed by atoms with van der Waals surface area (Å²) in [5.74, 6) is 0.400. The molecule has 88 valence electrons. The van der Waals surface area contributed by atoms with Gasteiger partial charge >= 0.3 is 5.97 Å². The van der Waals surface area contributed by atoms with Crippen molar-refractivity contribution in [2.45, 2.75) is 18.9 Å². The Morgan fingerprint density at radius 2 is 2.47 bits per heavy atom. The van der Waals surface area contributed by atoms with Gasteiger partial charge in [-0.1, -0.05) is 0 Å². The number of thioether (sulfide) groups is 1. The van der Waals surface area contributed by atoms with Crippen molar-refractivity contribution in [2.24, 2.45) is 0 Å². The van der Waals surface area contributed by atoms with Gasteiger partial charge in [-0.05, 0) is 25.0 Å². The zero-order chi connectivity index (χ0) is 11.1. The van der Waals surface area contributed by atoms with Gasteiger partial charge in [-0.15, -0.1) is 0 Å². The number of hydrogen-bond acceptors (Lipinski definition) is 4. The summed E-state index contributed by atoms with van der Waals surface area (Å²) >= 11 is 1.83. The van der Waals surface area contributed by atoms with Crippen LogP contribution in [0.5, 0.6) is 0 Å². The van der Waals surface area contributed by atoms with Gasteiger partial charge < -0.3 is 9.84 Å². The van der Waals surface area contributed by atoms with Crippen LogP contribution >= 0.6 is 11.8 Å². The highest BCUT2D eigenvalue weighted by Crippen LogP contribution is 2.11. The monoisotopic (exact) mass is 233 g/mol. The van der Waals surface area contributed by atoms with Crippen molar-refractivity contribution < 1.29 is 14.6 Å². The molecule has 0 radical (unpaired) electrons. The minimum absolute atomic E-state index is 0.0677. The van der Waals surface area contributed by atoms with Gasteiger partial charge in [0.15, 0.2) is 0 Å². The fourth-order valence-corrected chi connectivity index (χ4v) is 2.20. The van der Waals surface area contributed by atoms with Crippen LogP contribution in [0.4, 0.5) is 0 Å². The second kappa shape index (κ2) is 7.09. The lowest BCUT2D eigenvalue weighted by atomic mass is 10.1. The van der Waals surface area contributed by atoms with E-state index in [1.807, 2.05) is 11.8 Å². The van der Waals surface area contributed by atoms with E-state index >= 15 is 0 Å². The number of morpholine rings is 1. The summed E-state index contributed by atoms with van der Waals surface area (Å²) in [6.45, 7) is 3.15. The normalized spacial score (nSPS) is 22.9. The van der Waals surface area contributed by atoms with Crippen molar-refractivity contribution >= 4 is 17.7 Å². The summed E-state index contributed by atoms with van der Waals surface area (Å²) in [6.07, 6.45) is 3.41. The number of rotatable bonds is 6. The molecule has 4 nitrogen and oxygen atoms in total.